The Kier molecular flexibility index (Phi) is 5.98. The zero-order chi connectivity index (χ0) is 17.7. The number of nitrogens with zero attached hydrogens (tertiary/aromatic N) is 2. The molecule has 130 valence electrons. The van der Waals surface area contributed by atoms with Crippen LogP contribution in [0.3, 0.4) is 0 Å². The van der Waals surface area contributed by atoms with Gasteiger partial charge in [-0.25, -0.2) is 13.1 Å². The van der Waals surface area contributed by atoms with Crippen LogP contribution in [-0.2, 0) is 21.4 Å². The van der Waals surface area contributed by atoms with Crippen LogP contribution in [0.2, 0.25) is 5.02 Å². The summed E-state index contributed by atoms with van der Waals surface area (Å²) < 4.78 is 28.6. The Bertz CT molecular complexity index is 796. The van der Waals surface area contributed by atoms with Gasteiger partial charge in [-0.05, 0) is 37.6 Å². The molecule has 1 heterocycles. The van der Waals surface area contributed by atoms with Crippen LogP contribution in [0.5, 0.6) is 0 Å². The number of rotatable bonds is 7. The number of aryl methyl sites for hydroxylation is 2. The number of anilines is 1. The molecule has 1 aromatic carbocycles. The standard InChI is InChI=1S/C15H19ClN4O3S/c1-11-15(16)10-20(19-11)9-3-8-17-24(22,23)14-6-4-13(5-7-14)18-12(2)21/h4-7,10,17H,3,8-9H2,1-2H3,(H,18,21). The van der Waals surface area contributed by atoms with Crippen LogP contribution in [0.25, 0.3) is 0 Å². The maximum absolute atomic E-state index is 12.2. The van der Waals surface area contributed by atoms with Crippen molar-refractivity contribution in [1.29, 1.82) is 0 Å². The van der Waals surface area contributed by atoms with Crippen LogP contribution >= 0.6 is 11.6 Å². The largest absolute Gasteiger partial charge is 0.326 e. The fourth-order valence-electron chi connectivity index (χ4n) is 2.06. The first kappa shape index (κ1) is 18.4. The first-order valence-electron chi connectivity index (χ1n) is 7.35. The predicted octanol–water partition coefficient (Wildman–Crippen LogP) is 2.17. The first-order valence-corrected chi connectivity index (χ1v) is 9.21. The molecule has 0 aliphatic carbocycles. The summed E-state index contributed by atoms with van der Waals surface area (Å²) >= 11 is 5.92. The molecule has 9 heteroatoms. The van der Waals surface area contributed by atoms with Crippen LogP contribution in [0.15, 0.2) is 35.4 Å². The molecule has 0 saturated carbocycles. The van der Waals surface area contributed by atoms with Crippen molar-refractivity contribution < 1.29 is 13.2 Å². The molecule has 1 aromatic heterocycles. The molecule has 2 aromatic rings. The third kappa shape index (κ3) is 5.05. The number of carbonyl (C=O) groups excluding carboxylic acids is 1. The highest BCUT2D eigenvalue weighted by atomic mass is 35.5. The summed E-state index contributed by atoms with van der Waals surface area (Å²) in [7, 11) is -3.58. The molecule has 24 heavy (non-hydrogen) atoms. The minimum absolute atomic E-state index is 0.148. The third-order valence-corrected chi connectivity index (χ3v) is 5.08. The van der Waals surface area contributed by atoms with E-state index >= 15 is 0 Å². The molecule has 0 aliphatic heterocycles. The second-order valence-corrected chi connectivity index (χ2v) is 7.46. The minimum Gasteiger partial charge on any atom is -0.326 e. The Morgan fingerprint density at radius 1 is 1.29 bits per heavy atom. The lowest BCUT2D eigenvalue weighted by atomic mass is 10.3. The number of sulfonamides is 1. The Morgan fingerprint density at radius 3 is 2.50 bits per heavy atom. The van der Waals surface area contributed by atoms with Gasteiger partial charge in [-0.3, -0.25) is 9.48 Å². The summed E-state index contributed by atoms with van der Waals surface area (Å²) in [4.78, 5) is 11.1. The number of hydrogen-bond donors (Lipinski definition) is 2. The van der Waals surface area contributed by atoms with E-state index in [0.29, 0.717) is 23.7 Å². The molecule has 0 radical (unpaired) electrons. The van der Waals surface area contributed by atoms with E-state index in [4.69, 9.17) is 11.6 Å². The summed E-state index contributed by atoms with van der Waals surface area (Å²) in [5.41, 5.74) is 1.30. The lowest BCUT2D eigenvalue weighted by molar-refractivity contribution is -0.114. The second-order valence-electron chi connectivity index (χ2n) is 5.28. The molecule has 0 spiro atoms. The van der Waals surface area contributed by atoms with Gasteiger partial charge < -0.3 is 5.32 Å². The van der Waals surface area contributed by atoms with Gasteiger partial charge >= 0.3 is 0 Å². The number of carbonyl (C=O) groups is 1. The topological polar surface area (TPSA) is 93.1 Å². The van der Waals surface area contributed by atoms with E-state index in [9.17, 15) is 13.2 Å². The minimum atomic E-state index is -3.58. The number of nitrogens with one attached hydrogen (secondary N) is 2. The van der Waals surface area contributed by atoms with Gasteiger partial charge in [-0.2, -0.15) is 5.10 Å². The van der Waals surface area contributed by atoms with E-state index in [2.05, 4.69) is 15.1 Å². The molecular weight excluding hydrogens is 352 g/mol. The van der Waals surface area contributed by atoms with Crippen molar-refractivity contribution in [3.8, 4) is 0 Å². The van der Waals surface area contributed by atoms with Gasteiger partial charge in [0.05, 0.1) is 15.6 Å². The van der Waals surface area contributed by atoms with Gasteiger partial charge in [-0.1, -0.05) is 11.6 Å². The number of aromatic nitrogens is 2. The SMILES string of the molecule is CC(=O)Nc1ccc(S(=O)(=O)NCCCn2cc(Cl)c(C)n2)cc1. The number of amides is 1. The van der Waals surface area contributed by atoms with E-state index < -0.39 is 10.0 Å². The molecule has 0 bridgehead atoms. The summed E-state index contributed by atoms with van der Waals surface area (Å²) in [6, 6.07) is 5.99. The van der Waals surface area contributed by atoms with Crippen molar-refractivity contribution in [3.63, 3.8) is 0 Å². The van der Waals surface area contributed by atoms with Crippen molar-refractivity contribution in [2.45, 2.75) is 31.7 Å². The Labute approximate surface area is 146 Å². The lowest BCUT2D eigenvalue weighted by Gasteiger charge is -2.08. The highest BCUT2D eigenvalue weighted by Gasteiger charge is 2.13. The maximum atomic E-state index is 12.2. The van der Waals surface area contributed by atoms with Gasteiger partial charge in [-0.15, -0.1) is 0 Å². The van der Waals surface area contributed by atoms with Gasteiger partial charge in [0, 0.05) is 31.9 Å². The van der Waals surface area contributed by atoms with E-state index in [-0.39, 0.29) is 17.3 Å². The number of benzene rings is 1. The zero-order valence-corrected chi connectivity index (χ0v) is 15.0. The van der Waals surface area contributed by atoms with Crippen LogP contribution < -0.4 is 10.0 Å². The van der Waals surface area contributed by atoms with E-state index in [1.54, 1.807) is 23.0 Å². The Hall–Kier alpha value is -1.90. The smallest absolute Gasteiger partial charge is 0.240 e. The lowest BCUT2D eigenvalue weighted by Crippen LogP contribution is -2.25. The average Bonchev–Trinajstić information content (AvgIpc) is 2.82. The molecule has 0 fully saturated rings. The van der Waals surface area contributed by atoms with Crippen molar-refractivity contribution in [1.82, 2.24) is 14.5 Å². The van der Waals surface area contributed by atoms with E-state index in [0.717, 1.165) is 5.69 Å². The van der Waals surface area contributed by atoms with Crippen molar-refractivity contribution >= 4 is 33.2 Å². The van der Waals surface area contributed by atoms with Crippen molar-refractivity contribution in [2.75, 3.05) is 11.9 Å². The Balaban J connectivity index is 1.87. The zero-order valence-electron chi connectivity index (χ0n) is 13.4. The quantitative estimate of drug-likeness (QED) is 0.730. The summed E-state index contributed by atoms with van der Waals surface area (Å²) in [6.07, 6.45) is 2.30. The molecule has 7 nitrogen and oxygen atoms in total. The van der Waals surface area contributed by atoms with Crippen LogP contribution in [0.4, 0.5) is 5.69 Å². The average molecular weight is 371 g/mol. The van der Waals surface area contributed by atoms with Crippen LogP contribution in [0.1, 0.15) is 19.0 Å². The fourth-order valence-corrected chi connectivity index (χ4v) is 3.28. The van der Waals surface area contributed by atoms with Crippen molar-refractivity contribution in [3.05, 3.63) is 41.2 Å². The molecule has 0 unspecified atom stereocenters. The summed E-state index contributed by atoms with van der Waals surface area (Å²) in [5, 5.41) is 7.39. The van der Waals surface area contributed by atoms with Crippen molar-refractivity contribution in [2.24, 2.45) is 0 Å². The van der Waals surface area contributed by atoms with Gasteiger partial charge in [0.2, 0.25) is 15.9 Å². The molecule has 0 aliphatic rings. The van der Waals surface area contributed by atoms with Crippen LogP contribution in [-0.4, -0.2) is 30.7 Å². The van der Waals surface area contributed by atoms with E-state index in [1.165, 1.54) is 19.1 Å². The number of hydrogen-bond acceptors (Lipinski definition) is 4. The highest BCUT2D eigenvalue weighted by molar-refractivity contribution is 7.89. The highest BCUT2D eigenvalue weighted by Crippen LogP contribution is 2.14. The predicted molar refractivity (Wildman–Crippen MR) is 92.5 cm³/mol. The third-order valence-electron chi connectivity index (χ3n) is 3.23. The summed E-state index contributed by atoms with van der Waals surface area (Å²) in [5.74, 6) is -0.210. The van der Waals surface area contributed by atoms with Gasteiger partial charge in [0.15, 0.2) is 0 Å². The molecule has 2 N–H and O–H groups in total. The molecule has 2 rings (SSSR count). The molecule has 1 amide bonds. The normalized spacial score (nSPS) is 11.5. The van der Waals surface area contributed by atoms with Gasteiger partial charge in [0.25, 0.3) is 0 Å². The van der Waals surface area contributed by atoms with E-state index in [1.807, 2.05) is 6.92 Å². The van der Waals surface area contributed by atoms with Gasteiger partial charge in [0.1, 0.15) is 0 Å². The second kappa shape index (κ2) is 7.78. The summed E-state index contributed by atoms with van der Waals surface area (Å²) in [6.45, 7) is 4.05. The molecular formula is C15H19ClN4O3S. The molecule has 0 saturated heterocycles. The monoisotopic (exact) mass is 370 g/mol. The van der Waals surface area contributed by atoms with Crippen LogP contribution in [0, 0.1) is 6.92 Å². The molecule has 0 atom stereocenters. The first-order chi connectivity index (χ1) is 11.3. The maximum Gasteiger partial charge on any atom is 0.240 e. The fraction of sp³-hybridized carbons (Fsp3) is 0.333. The number of halogens is 1. The Morgan fingerprint density at radius 2 is 1.96 bits per heavy atom.